The van der Waals surface area contributed by atoms with Crippen molar-refractivity contribution in [2.24, 2.45) is 11.8 Å². The van der Waals surface area contributed by atoms with Crippen molar-refractivity contribution in [2.75, 3.05) is 0 Å². The molecule has 0 aliphatic heterocycles. The molecule has 1 fully saturated rings. The molecule has 3 heteroatoms. The zero-order valence-corrected chi connectivity index (χ0v) is 9.33. The molecule has 0 spiro atoms. The molecule has 0 N–H and O–H groups in total. The molecule has 80 valence electrons. The largest absolute Gasteiger partial charge is 0.303 e. The molecular weight excluding hydrogens is 208 g/mol. The molecule has 1 saturated carbocycles. The van der Waals surface area contributed by atoms with E-state index >= 15 is 0 Å². The molecule has 1 aromatic heterocycles. The van der Waals surface area contributed by atoms with E-state index in [1.54, 1.807) is 0 Å². The average molecular weight is 222 g/mol. The van der Waals surface area contributed by atoms with Crippen LogP contribution in [-0.4, -0.2) is 12.1 Å². The van der Waals surface area contributed by atoms with Gasteiger partial charge in [0.2, 0.25) is 0 Å². The molecule has 2 atom stereocenters. The molecular formula is C12H14O2S. The zero-order valence-electron chi connectivity index (χ0n) is 8.52. The predicted octanol–water partition coefficient (Wildman–Crippen LogP) is 2.94. The van der Waals surface area contributed by atoms with Gasteiger partial charge in [0.05, 0.1) is 4.88 Å². The highest BCUT2D eigenvalue weighted by Gasteiger charge is 2.31. The van der Waals surface area contributed by atoms with Gasteiger partial charge in [-0.2, -0.15) is 0 Å². The van der Waals surface area contributed by atoms with Crippen LogP contribution in [0, 0.1) is 11.8 Å². The third-order valence-corrected chi connectivity index (χ3v) is 3.98. The third-order valence-electron chi connectivity index (χ3n) is 3.10. The first kappa shape index (κ1) is 10.6. The SMILES string of the molecule is O=CC1CCCCC1C(=O)c1cccs1. The van der Waals surface area contributed by atoms with Crippen molar-refractivity contribution in [3.8, 4) is 0 Å². The van der Waals surface area contributed by atoms with Crippen LogP contribution in [0.3, 0.4) is 0 Å². The highest BCUT2D eigenvalue weighted by Crippen LogP contribution is 2.32. The van der Waals surface area contributed by atoms with Crippen LogP contribution >= 0.6 is 11.3 Å². The highest BCUT2D eigenvalue weighted by atomic mass is 32.1. The Hall–Kier alpha value is -0.960. The second-order valence-electron chi connectivity index (χ2n) is 4.03. The number of ketones is 1. The zero-order chi connectivity index (χ0) is 10.7. The van der Waals surface area contributed by atoms with E-state index in [4.69, 9.17) is 0 Å². The minimum atomic E-state index is -0.0603. The monoisotopic (exact) mass is 222 g/mol. The number of hydrogen-bond acceptors (Lipinski definition) is 3. The number of aldehydes is 1. The van der Waals surface area contributed by atoms with Gasteiger partial charge in [-0.3, -0.25) is 4.79 Å². The van der Waals surface area contributed by atoms with E-state index in [9.17, 15) is 9.59 Å². The van der Waals surface area contributed by atoms with E-state index in [2.05, 4.69) is 0 Å². The fourth-order valence-electron chi connectivity index (χ4n) is 2.25. The summed E-state index contributed by atoms with van der Waals surface area (Å²) in [5, 5.41) is 1.91. The Morgan fingerprint density at radius 3 is 2.87 bits per heavy atom. The minimum Gasteiger partial charge on any atom is -0.303 e. The number of Topliss-reactive ketones (excluding diaryl/α,β-unsaturated/α-hetero) is 1. The highest BCUT2D eigenvalue weighted by molar-refractivity contribution is 7.12. The van der Waals surface area contributed by atoms with Gasteiger partial charge in [-0.15, -0.1) is 11.3 Å². The molecule has 1 heterocycles. The maximum atomic E-state index is 12.1. The molecule has 2 rings (SSSR count). The molecule has 0 bridgehead atoms. The molecule has 2 nitrogen and oxygen atoms in total. The number of carbonyl (C=O) groups excluding carboxylic acids is 2. The van der Waals surface area contributed by atoms with Crippen molar-refractivity contribution in [1.82, 2.24) is 0 Å². The van der Waals surface area contributed by atoms with E-state index in [0.717, 1.165) is 36.8 Å². The van der Waals surface area contributed by atoms with Crippen LogP contribution < -0.4 is 0 Å². The van der Waals surface area contributed by atoms with Gasteiger partial charge in [-0.25, -0.2) is 0 Å². The lowest BCUT2D eigenvalue weighted by atomic mass is 9.77. The first-order valence-electron chi connectivity index (χ1n) is 5.36. The molecule has 1 aliphatic rings. The average Bonchev–Trinajstić information content (AvgIpc) is 2.81. The summed E-state index contributed by atoms with van der Waals surface area (Å²) < 4.78 is 0. The second kappa shape index (κ2) is 4.71. The van der Waals surface area contributed by atoms with Crippen molar-refractivity contribution in [2.45, 2.75) is 25.7 Å². The number of hydrogen-bond donors (Lipinski definition) is 0. The topological polar surface area (TPSA) is 34.1 Å². The first-order chi connectivity index (χ1) is 7.33. The predicted molar refractivity (Wildman–Crippen MR) is 60.2 cm³/mol. The fraction of sp³-hybridized carbons (Fsp3) is 0.500. The van der Waals surface area contributed by atoms with Gasteiger partial charge < -0.3 is 4.79 Å². The number of thiophene rings is 1. The van der Waals surface area contributed by atoms with E-state index in [1.165, 1.54) is 11.3 Å². The summed E-state index contributed by atoms with van der Waals surface area (Å²) in [6, 6.07) is 3.74. The molecule has 15 heavy (non-hydrogen) atoms. The summed E-state index contributed by atoms with van der Waals surface area (Å²) in [7, 11) is 0. The van der Waals surface area contributed by atoms with Gasteiger partial charge in [0, 0.05) is 11.8 Å². The molecule has 0 saturated heterocycles. The normalized spacial score (nSPS) is 26.1. The Labute approximate surface area is 93.3 Å². The molecule has 1 aliphatic carbocycles. The number of carbonyl (C=O) groups is 2. The summed E-state index contributed by atoms with van der Waals surface area (Å²) in [5.74, 6) is 0.0602. The summed E-state index contributed by atoms with van der Waals surface area (Å²) in [6.45, 7) is 0. The molecule has 1 aromatic rings. The quantitative estimate of drug-likeness (QED) is 0.582. The van der Waals surface area contributed by atoms with E-state index in [-0.39, 0.29) is 17.6 Å². The maximum absolute atomic E-state index is 12.1. The van der Waals surface area contributed by atoms with E-state index < -0.39 is 0 Å². The summed E-state index contributed by atoms with van der Waals surface area (Å²) in [4.78, 5) is 23.8. The maximum Gasteiger partial charge on any atom is 0.176 e. The summed E-state index contributed by atoms with van der Waals surface area (Å²) in [5.41, 5.74) is 0. The van der Waals surface area contributed by atoms with Gasteiger partial charge in [0.15, 0.2) is 5.78 Å². The Morgan fingerprint density at radius 2 is 2.20 bits per heavy atom. The van der Waals surface area contributed by atoms with Crippen LogP contribution in [0.25, 0.3) is 0 Å². The smallest absolute Gasteiger partial charge is 0.176 e. The Bertz CT molecular complexity index is 343. The minimum absolute atomic E-state index is 0.0478. The molecule has 0 aromatic carbocycles. The lowest BCUT2D eigenvalue weighted by Gasteiger charge is -2.25. The van der Waals surface area contributed by atoms with Crippen molar-refractivity contribution < 1.29 is 9.59 Å². The van der Waals surface area contributed by atoms with Gasteiger partial charge in [0.1, 0.15) is 6.29 Å². The van der Waals surface area contributed by atoms with Crippen LogP contribution in [0.15, 0.2) is 17.5 Å². The van der Waals surface area contributed by atoms with Crippen LogP contribution in [-0.2, 0) is 4.79 Å². The van der Waals surface area contributed by atoms with Crippen LogP contribution in [0.2, 0.25) is 0 Å². The molecule has 0 amide bonds. The van der Waals surface area contributed by atoms with Crippen LogP contribution in [0.1, 0.15) is 35.4 Å². The van der Waals surface area contributed by atoms with Crippen molar-refractivity contribution in [1.29, 1.82) is 0 Å². The molecule has 2 unspecified atom stereocenters. The molecule has 0 radical (unpaired) electrons. The van der Waals surface area contributed by atoms with Crippen molar-refractivity contribution in [3.63, 3.8) is 0 Å². The van der Waals surface area contributed by atoms with Gasteiger partial charge in [0.25, 0.3) is 0 Å². The van der Waals surface area contributed by atoms with Gasteiger partial charge in [-0.1, -0.05) is 18.9 Å². The first-order valence-corrected chi connectivity index (χ1v) is 6.24. The Morgan fingerprint density at radius 1 is 1.40 bits per heavy atom. The van der Waals surface area contributed by atoms with Crippen molar-refractivity contribution >= 4 is 23.4 Å². The van der Waals surface area contributed by atoms with Crippen molar-refractivity contribution in [3.05, 3.63) is 22.4 Å². The lowest BCUT2D eigenvalue weighted by Crippen LogP contribution is -2.27. The standard InChI is InChI=1S/C12H14O2S/c13-8-9-4-1-2-5-10(9)12(14)11-6-3-7-15-11/h3,6-10H,1-2,4-5H2. The van der Waals surface area contributed by atoms with Gasteiger partial charge >= 0.3 is 0 Å². The lowest BCUT2D eigenvalue weighted by molar-refractivity contribution is -0.112. The fourth-order valence-corrected chi connectivity index (χ4v) is 2.98. The van der Waals surface area contributed by atoms with Crippen LogP contribution in [0.4, 0.5) is 0 Å². The van der Waals surface area contributed by atoms with Gasteiger partial charge in [-0.05, 0) is 24.3 Å². The second-order valence-corrected chi connectivity index (χ2v) is 4.98. The Kier molecular flexibility index (Phi) is 3.31. The summed E-state index contributed by atoms with van der Waals surface area (Å²) in [6.07, 6.45) is 4.88. The van der Waals surface area contributed by atoms with E-state index in [1.807, 2.05) is 17.5 Å². The Balaban J connectivity index is 2.14. The van der Waals surface area contributed by atoms with Crippen LogP contribution in [0.5, 0.6) is 0 Å². The van der Waals surface area contributed by atoms with E-state index in [0.29, 0.717) is 0 Å². The number of rotatable bonds is 3. The summed E-state index contributed by atoms with van der Waals surface area (Å²) >= 11 is 1.47. The third kappa shape index (κ3) is 2.17.